The highest BCUT2D eigenvalue weighted by Crippen LogP contribution is 2.25. The minimum Gasteiger partial charge on any atom is -0.459 e. The lowest BCUT2D eigenvalue weighted by Crippen LogP contribution is -2.31. The van der Waals surface area contributed by atoms with Crippen molar-refractivity contribution in [3.8, 4) is 0 Å². The van der Waals surface area contributed by atoms with Crippen molar-refractivity contribution in [2.24, 2.45) is 11.7 Å². The molecule has 2 atom stereocenters. The van der Waals surface area contributed by atoms with E-state index in [0.717, 1.165) is 11.0 Å². The Hall–Kier alpha value is -1.33. The lowest BCUT2D eigenvalue weighted by molar-refractivity contribution is 0.500. The summed E-state index contributed by atoms with van der Waals surface area (Å²) in [6, 6.07) is 8.73. The molecule has 20 heavy (non-hydrogen) atoms. The van der Waals surface area contributed by atoms with E-state index in [2.05, 4.69) is 0 Å². The normalized spacial score (nSPS) is 15.7. The van der Waals surface area contributed by atoms with Crippen molar-refractivity contribution in [2.45, 2.75) is 32.1 Å². The van der Waals surface area contributed by atoms with E-state index in [-0.39, 0.29) is 11.7 Å². The standard InChI is InChI=1S/C15H21NO3S/c1-10(2)11(3)20(17,18)9-13(16)15-8-12-6-4-5-7-14(12)19-15/h4-8,10-11,13H,9,16H2,1-3H3. The molecule has 0 saturated carbocycles. The number of hydrogen-bond acceptors (Lipinski definition) is 4. The summed E-state index contributed by atoms with van der Waals surface area (Å²) in [5.41, 5.74) is 6.74. The van der Waals surface area contributed by atoms with Crippen LogP contribution in [0.1, 0.15) is 32.6 Å². The second-order valence-electron chi connectivity index (χ2n) is 5.57. The van der Waals surface area contributed by atoms with Gasteiger partial charge >= 0.3 is 0 Å². The van der Waals surface area contributed by atoms with E-state index in [9.17, 15) is 8.42 Å². The maximum atomic E-state index is 12.2. The number of nitrogens with two attached hydrogens (primary N) is 1. The fourth-order valence-electron chi connectivity index (χ4n) is 2.08. The molecule has 0 spiro atoms. The number of sulfone groups is 1. The summed E-state index contributed by atoms with van der Waals surface area (Å²) in [6.45, 7) is 5.52. The van der Waals surface area contributed by atoms with Gasteiger partial charge in [-0.25, -0.2) is 8.42 Å². The van der Waals surface area contributed by atoms with Crippen molar-refractivity contribution in [1.29, 1.82) is 0 Å². The summed E-state index contributed by atoms with van der Waals surface area (Å²) >= 11 is 0. The molecular formula is C15H21NO3S. The van der Waals surface area contributed by atoms with Gasteiger partial charge in [0.15, 0.2) is 9.84 Å². The van der Waals surface area contributed by atoms with E-state index in [1.807, 2.05) is 44.2 Å². The molecule has 0 aliphatic carbocycles. The Bertz CT molecular complexity index is 655. The van der Waals surface area contributed by atoms with Crippen LogP contribution in [0, 0.1) is 5.92 Å². The molecule has 0 aliphatic rings. The molecule has 4 nitrogen and oxygen atoms in total. The molecule has 1 aromatic heterocycles. The van der Waals surface area contributed by atoms with Gasteiger partial charge in [-0.2, -0.15) is 0 Å². The third-order valence-electron chi connectivity index (χ3n) is 3.73. The largest absolute Gasteiger partial charge is 0.459 e. The Kier molecular flexibility index (Phi) is 4.20. The van der Waals surface area contributed by atoms with Crippen molar-refractivity contribution in [2.75, 3.05) is 5.75 Å². The van der Waals surface area contributed by atoms with E-state index < -0.39 is 21.1 Å². The quantitative estimate of drug-likeness (QED) is 0.920. The zero-order chi connectivity index (χ0) is 14.9. The molecule has 1 aromatic carbocycles. The van der Waals surface area contributed by atoms with Crippen LogP contribution in [-0.2, 0) is 9.84 Å². The minimum absolute atomic E-state index is 0.0721. The first-order valence-electron chi connectivity index (χ1n) is 6.77. The van der Waals surface area contributed by atoms with Gasteiger partial charge in [-0.05, 0) is 25.0 Å². The van der Waals surface area contributed by atoms with E-state index in [1.165, 1.54) is 0 Å². The number of para-hydroxylation sites is 1. The molecule has 2 unspecified atom stereocenters. The van der Waals surface area contributed by atoms with Crippen LogP contribution in [-0.4, -0.2) is 19.4 Å². The Morgan fingerprint density at radius 2 is 1.85 bits per heavy atom. The van der Waals surface area contributed by atoms with Crippen LogP contribution in [0.3, 0.4) is 0 Å². The summed E-state index contributed by atoms with van der Waals surface area (Å²) in [4.78, 5) is 0. The van der Waals surface area contributed by atoms with Crippen LogP contribution in [0.5, 0.6) is 0 Å². The molecule has 2 rings (SSSR count). The summed E-state index contributed by atoms with van der Waals surface area (Å²) in [5, 5.41) is 0.533. The Morgan fingerprint density at radius 1 is 1.20 bits per heavy atom. The van der Waals surface area contributed by atoms with Crippen LogP contribution in [0.2, 0.25) is 0 Å². The second-order valence-corrected chi connectivity index (χ2v) is 7.97. The van der Waals surface area contributed by atoms with Crippen molar-refractivity contribution >= 4 is 20.8 Å². The molecular weight excluding hydrogens is 274 g/mol. The average Bonchev–Trinajstić information content (AvgIpc) is 2.81. The lowest BCUT2D eigenvalue weighted by atomic mass is 10.2. The maximum absolute atomic E-state index is 12.2. The van der Waals surface area contributed by atoms with Gasteiger partial charge in [0.25, 0.3) is 0 Å². The molecule has 2 N–H and O–H groups in total. The Labute approximate surface area is 119 Å². The fourth-order valence-corrected chi connectivity index (χ4v) is 3.88. The van der Waals surface area contributed by atoms with E-state index in [4.69, 9.17) is 10.2 Å². The topological polar surface area (TPSA) is 73.3 Å². The monoisotopic (exact) mass is 295 g/mol. The summed E-state index contributed by atoms with van der Waals surface area (Å²) in [7, 11) is -3.23. The second kappa shape index (κ2) is 5.58. The molecule has 0 bridgehead atoms. The smallest absolute Gasteiger partial charge is 0.155 e. The first-order chi connectivity index (χ1) is 9.31. The zero-order valence-corrected chi connectivity index (χ0v) is 12.9. The number of benzene rings is 1. The first-order valence-corrected chi connectivity index (χ1v) is 8.48. The van der Waals surface area contributed by atoms with Crippen LogP contribution in [0.25, 0.3) is 11.0 Å². The van der Waals surface area contributed by atoms with E-state index >= 15 is 0 Å². The van der Waals surface area contributed by atoms with E-state index in [0.29, 0.717) is 5.76 Å². The molecule has 0 radical (unpaired) electrons. The van der Waals surface area contributed by atoms with Crippen molar-refractivity contribution in [1.82, 2.24) is 0 Å². The van der Waals surface area contributed by atoms with Gasteiger partial charge < -0.3 is 10.2 Å². The fraction of sp³-hybridized carbons (Fsp3) is 0.467. The van der Waals surface area contributed by atoms with Gasteiger partial charge in [0.2, 0.25) is 0 Å². The van der Waals surface area contributed by atoms with Gasteiger partial charge in [0.05, 0.1) is 17.0 Å². The zero-order valence-electron chi connectivity index (χ0n) is 12.0. The Balaban J connectivity index is 2.21. The van der Waals surface area contributed by atoms with Crippen LogP contribution < -0.4 is 5.73 Å². The third-order valence-corrected chi connectivity index (χ3v) is 6.23. The van der Waals surface area contributed by atoms with Crippen molar-refractivity contribution in [3.63, 3.8) is 0 Å². The summed E-state index contributed by atoms with van der Waals surface area (Å²) in [6.07, 6.45) is 0. The molecule has 0 aliphatic heterocycles. The number of fused-ring (bicyclic) bond motifs is 1. The van der Waals surface area contributed by atoms with Crippen LogP contribution in [0.4, 0.5) is 0 Å². The molecule has 2 aromatic rings. The number of furan rings is 1. The van der Waals surface area contributed by atoms with Gasteiger partial charge in [0, 0.05) is 5.39 Å². The lowest BCUT2D eigenvalue weighted by Gasteiger charge is -2.18. The summed E-state index contributed by atoms with van der Waals surface area (Å²) < 4.78 is 30.1. The van der Waals surface area contributed by atoms with E-state index in [1.54, 1.807) is 6.92 Å². The highest BCUT2D eigenvalue weighted by atomic mass is 32.2. The van der Waals surface area contributed by atoms with Crippen molar-refractivity contribution in [3.05, 3.63) is 36.1 Å². The van der Waals surface area contributed by atoms with Crippen LogP contribution >= 0.6 is 0 Å². The molecule has 5 heteroatoms. The minimum atomic E-state index is -3.23. The maximum Gasteiger partial charge on any atom is 0.155 e. The number of rotatable bonds is 5. The number of hydrogen-bond donors (Lipinski definition) is 1. The first kappa shape index (κ1) is 15.1. The predicted octanol–water partition coefficient (Wildman–Crippen LogP) is 2.89. The molecule has 110 valence electrons. The van der Waals surface area contributed by atoms with Gasteiger partial charge in [-0.15, -0.1) is 0 Å². The highest BCUT2D eigenvalue weighted by Gasteiger charge is 2.28. The van der Waals surface area contributed by atoms with Gasteiger partial charge in [-0.3, -0.25) is 0 Å². The van der Waals surface area contributed by atoms with Gasteiger partial charge in [-0.1, -0.05) is 32.0 Å². The van der Waals surface area contributed by atoms with Crippen LogP contribution in [0.15, 0.2) is 34.7 Å². The highest BCUT2D eigenvalue weighted by molar-refractivity contribution is 7.92. The molecule has 0 amide bonds. The SMILES string of the molecule is CC(C)C(C)S(=O)(=O)CC(N)c1cc2ccccc2o1. The molecule has 0 saturated heterocycles. The summed E-state index contributed by atoms with van der Waals surface area (Å²) in [5.74, 6) is 0.500. The molecule has 1 heterocycles. The molecule has 0 fully saturated rings. The van der Waals surface area contributed by atoms with Crippen molar-refractivity contribution < 1.29 is 12.8 Å². The predicted molar refractivity (Wildman–Crippen MR) is 81.2 cm³/mol. The third kappa shape index (κ3) is 3.04. The average molecular weight is 295 g/mol. The Morgan fingerprint density at radius 3 is 2.45 bits per heavy atom. The van der Waals surface area contributed by atoms with Gasteiger partial charge in [0.1, 0.15) is 11.3 Å².